The van der Waals surface area contributed by atoms with Crippen LogP contribution < -0.4 is 0 Å². The van der Waals surface area contributed by atoms with Crippen molar-refractivity contribution in [1.29, 1.82) is 0 Å². The van der Waals surface area contributed by atoms with Crippen molar-refractivity contribution in [1.82, 2.24) is 0 Å². The van der Waals surface area contributed by atoms with Crippen LogP contribution in [0.1, 0.15) is 38.7 Å². The highest BCUT2D eigenvalue weighted by Crippen LogP contribution is 2.19. The Morgan fingerprint density at radius 1 is 1.26 bits per heavy atom. The van der Waals surface area contributed by atoms with Crippen LogP contribution in [0, 0.1) is 10.1 Å². The first kappa shape index (κ1) is 17.1. The molecule has 0 amide bonds. The van der Waals surface area contributed by atoms with Crippen molar-refractivity contribution in [2.24, 2.45) is 0 Å². The molecule has 0 atom stereocenters. The van der Waals surface area contributed by atoms with E-state index in [0.29, 0.717) is 13.1 Å². The molecular formula is C14H21NO4. The smallest absolute Gasteiger partial charge is 0.293 e. The first-order chi connectivity index (χ1) is 9.17. The summed E-state index contributed by atoms with van der Waals surface area (Å²) in [5.41, 5.74) is 1.11. The number of nitrogens with zero attached hydrogens (tertiary/aromatic N) is 1. The number of rotatable bonds is 7. The molecule has 5 nitrogen and oxygen atoms in total. The predicted molar refractivity (Wildman–Crippen MR) is 74.0 cm³/mol. The van der Waals surface area contributed by atoms with Crippen LogP contribution in [0.15, 0.2) is 24.3 Å². The standard InChI is InChI=1S/C11H15NO2.C3H6O2/c1-2-3-4-7-10-8-5-6-9-11(10)12(13)14;1-2-5-3-4/h5-6,8-9H,2-4,7H2,1H3;3H,2H2,1H3. The lowest BCUT2D eigenvalue weighted by Crippen LogP contribution is -1.95. The zero-order valence-electron chi connectivity index (χ0n) is 11.5. The van der Waals surface area contributed by atoms with Gasteiger partial charge < -0.3 is 4.74 Å². The number of aryl methyl sites for hydroxylation is 1. The molecule has 1 aromatic rings. The lowest BCUT2D eigenvalue weighted by atomic mass is 10.1. The number of carbonyl (C=O) groups excluding carboxylic acids is 1. The van der Waals surface area contributed by atoms with E-state index in [1.807, 2.05) is 12.1 Å². The average molecular weight is 267 g/mol. The molecule has 0 aromatic heterocycles. The molecule has 0 heterocycles. The molecule has 0 unspecified atom stereocenters. The van der Waals surface area contributed by atoms with Gasteiger partial charge in [-0.2, -0.15) is 0 Å². The lowest BCUT2D eigenvalue weighted by Gasteiger charge is -2.01. The van der Waals surface area contributed by atoms with Gasteiger partial charge in [0.05, 0.1) is 11.5 Å². The summed E-state index contributed by atoms with van der Waals surface area (Å²) in [4.78, 5) is 19.5. The van der Waals surface area contributed by atoms with Gasteiger partial charge in [-0.25, -0.2) is 0 Å². The van der Waals surface area contributed by atoms with Crippen molar-refractivity contribution in [3.63, 3.8) is 0 Å². The summed E-state index contributed by atoms with van der Waals surface area (Å²) < 4.78 is 4.15. The molecule has 19 heavy (non-hydrogen) atoms. The van der Waals surface area contributed by atoms with Gasteiger partial charge >= 0.3 is 0 Å². The fourth-order valence-electron chi connectivity index (χ4n) is 1.53. The summed E-state index contributed by atoms with van der Waals surface area (Å²) in [5.74, 6) is 0. The molecule has 0 fully saturated rings. The van der Waals surface area contributed by atoms with Gasteiger partial charge in [-0.05, 0) is 19.8 Å². The first-order valence-electron chi connectivity index (χ1n) is 6.44. The van der Waals surface area contributed by atoms with E-state index >= 15 is 0 Å². The second kappa shape index (κ2) is 11.2. The van der Waals surface area contributed by atoms with Crippen LogP contribution in [0.4, 0.5) is 5.69 Å². The zero-order chi connectivity index (χ0) is 14.5. The fourth-order valence-corrected chi connectivity index (χ4v) is 1.53. The molecular weight excluding hydrogens is 246 g/mol. The van der Waals surface area contributed by atoms with Gasteiger partial charge in [-0.15, -0.1) is 0 Å². The van der Waals surface area contributed by atoms with Crippen molar-refractivity contribution < 1.29 is 14.5 Å². The van der Waals surface area contributed by atoms with E-state index in [9.17, 15) is 14.9 Å². The molecule has 0 spiro atoms. The van der Waals surface area contributed by atoms with Gasteiger partial charge in [0.15, 0.2) is 0 Å². The van der Waals surface area contributed by atoms with E-state index < -0.39 is 0 Å². The molecule has 0 N–H and O–H groups in total. The molecule has 0 radical (unpaired) electrons. The highest BCUT2D eigenvalue weighted by atomic mass is 16.6. The summed E-state index contributed by atoms with van der Waals surface area (Å²) >= 11 is 0. The highest BCUT2D eigenvalue weighted by Gasteiger charge is 2.10. The van der Waals surface area contributed by atoms with Crippen molar-refractivity contribution in [3.05, 3.63) is 39.9 Å². The number of para-hydroxylation sites is 1. The van der Waals surface area contributed by atoms with Gasteiger partial charge in [-0.1, -0.05) is 38.0 Å². The second-order valence-electron chi connectivity index (χ2n) is 3.89. The SMILES string of the molecule is CCCCCc1ccccc1[N+](=O)[O-].CCOC=O. The lowest BCUT2D eigenvalue weighted by molar-refractivity contribution is -0.385. The van der Waals surface area contributed by atoms with Gasteiger partial charge in [0.1, 0.15) is 0 Å². The molecule has 0 aliphatic carbocycles. The number of unbranched alkanes of at least 4 members (excludes halogenated alkanes) is 2. The third-order valence-corrected chi connectivity index (χ3v) is 2.47. The predicted octanol–water partition coefficient (Wildman–Crippen LogP) is 3.51. The van der Waals surface area contributed by atoms with E-state index in [-0.39, 0.29) is 10.6 Å². The minimum absolute atomic E-state index is 0.253. The third kappa shape index (κ3) is 7.91. The van der Waals surface area contributed by atoms with E-state index in [1.165, 1.54) is 0 Å². The Hall–Kier alpha value is -1.91. The molecule has 0 bridgehead atoms. The van der Waals surface area contributed by atoms with Crippen LogP contribution in [0.5, 0.6) is 0 Å². The van der Waals surface area contributed by atoms with Crippen molar-refractivity contribution in [2.45, 2.75) is 39.5 Å². The molecule has 1 aromatic carbocycles. The van der Waals surface area contributed by atoms with Crippen molar-refractivity contribution >= 4 is 12.2 Å². The maximum atomic E-state index is 10.7. The van der Waals surface area contributed by atoms with Crippen LogP contribution in [-0.4, -0.2) is 18.0 Å². The number of nitro groups is 1. The molecule has 106 valence electrons. The fraction of sp³-hybridized carbons (Fsp3) is 0.500. The number of carbonyl (C=O) groups is 1. The Bertz CT molecular complexity index is 379. The van der Waals surface area contributed by atoms with E-state index in [4.69, 9.17) is 0 Å². The topological polar surface area (TPSA) is 69.4 Å². The van der Waals surface area contributed by atoms with Crippen LogP contribution in [0.25, 0.3) is 0 Å². The molecule has 1 rings (SSSR count). The Morgan fingerprint density at radius 3 is 2.42 bits per heavy atom. The van der Waals surface area contributed by atoms with Crippen LogP contribution in [0.3, 0.4) is 0 Å². The normalized spacial score (nSPS) is 9.16. The number of ether oxygens (including phenoxy) is 1. The summed E-state index contributed by atoms with van der Waals surface area (Å²) in [6.07, 6.45) is 4.11. The summed E-state index contributed by atoms with van der Waals surface area (Å²) in [7, 11) is 0. The van der Waals surface area contributed by atoms with Crippen LogP contribution in [0.2, 0.25) is 0 Å². The third-order valence-electron chi connectivity index (χ3n) is 2.47. The van der Waals surface area contributed by atoms with E-state index in [0.717, 1.165) is 31.2 Å². The Kier molecular flexibility index (Phi) is 10.1. The minimum atomic E-state index is -0.304. The number of hydrogen-bond acceptors (Lipinski definition) is 4. The van der Waals surface area contributed by atoms with Gasteiger partial charge in [-0.3, -0.25) is 14.9 Å². The molecule has 5 heteroatoms. The maximum Gasteiger partial charge on any atom is 0.293 e. The van der Waals surface area contributed by atoms with Gasteiger partial charge in [0.2, 0.25) is 0 Å². The van der Waals surface area contributed by atoms with Crippen molar-refractivity contribution in [2.75, 3.05) is 6.61 Å². The quantitative estimate of drug-likeness (QED) is 0.328. The Labute approximate surface area is 113 Å². The number of benzene rings is 1. The second-order valence-corrected chi connectivity index (χ2v) is 3.89. The van der Waals surface area contributed by atoms with Gasteiger partial charge in [0.25, 0.3) is 12.2 Å². The first-order valence-corrected chi connectivity index (χ1v) is 6.44. The van der Waals surface area contributed by atoms with E-state index in [2.05, 4.69) is 11.7 Å². The van der Waals surface area contributed by atoms with Crippen LogP contribution in [-0.2, 0) is 16.0 Å². The Balaban J connectivity index is 0.000000555. The van der Waals surface area contributed by atoms with E-state index in [1.54, 1.807) is 19.1 Å². The van der Waals surface area contributed by atoms with Crippen LogP contribution >= 0.6 is 0 Å². The minimum Gasteiger partial charge on any atom is -0.468 e. The molecule has 0 saturated heterocycles. The highest BCUT2D eigenvalue weighted by molar-refractivity contribution is 5.39. The maximum absolute atomic E-state index is 10.7. The van der Waals surface area contributed by atoms with Crippen molar-refractivity contribution in [3.8, 4) is 0 Å². The molecule has 0 saturated carbocycles. The molecule has 0 aliphatic rings. The zero-order valence-corrected chi connectivity index (χ0v) is 11.5. The van der Waals surface area contributed by atoms with Gasteiger partial charge in [0, 0.05) is 11.6 Å². The monoisotopic (exact) mass is 267 g/mol. The largest absolute Gasteiger partial charge is 0.468 e. The summed E-state index contributed by atoms with van der Waals surface area (Å²) in [6, 6.07) is 6.98. The average Bonchev–Trinajstić information content (AvgIpc) is 2.41. The number of hydrogen-bond donors (Lipinski definition) is 0. The Morgan fingerprint density at radius 2 is 1.95 bits per heavy atom. The molecule has 0 aliphatic heterocycles. The summed E-state index contributed by atoms with van der Waals surface area (Å²) in [5, 5.41) is 10.7. The number of nitro benzene ring substituents is 1. The summed E-state index contributed by atoms with van der Waals surface area (Å²) in [6.45, 7) is 4.79.